The highest BCUT2D eigenvalue weighted by molar-refractivity contribution is 5.79. The number of nitrogens with zero attached hydrogens (tertiary/aromatic N) is 3. The van der Waals surface area contributed by atoms with Gasteiger partial charge < -0.3 is 14.4 Å². The molecule has 0 radical (unpaired) electrons. The predicted octanol–water partition coefficient (Wildman–Crippen LogP) is 4.00. The normalized spacial score (nSPS) is 16.1. The number of piperidine rings is 1. The molecule has 0 unspecified atom stereocenters. The lowest BCUT2D eigenvalue weighted by atomic mass is 10.1. The quantitative estimate of drug-likeness (QED) is 0.537. The summed E-state index contributed by atoms with van der Waals surface area (Å²) in [6.07, 6.45) is 5.62. The molecular weight excluding hydrogens is 386 g/mol. The van der Waals surface area contributed by atoms with E-state index in [1.165, 1.54) is 48.8 Å². The average molecular weight is 422 g/mol. The lowest BCUT2D eigenvalue weighted by Gasteiger charge is -2.26. The van der Waals surface area contributed by atoms with Crippen molar-refractivity contribution in [2.24, 2.45) is 0 Å². The summed E-state index contributed by atoms with van der Waals surface area (Å²) in [7, 11) is 2.06. The van der Waals surface area contributed by atoms with Crippen LogP contribution in [0.1, 0.15) is 24.8 Å². The van der Waals surface area contributed by atoms with E-state index in [1.54, 1.807) is 0 Å². The lowest BCUT2D eigenvalue weighted by molar-refractivity contribution is 0.108. The molecule has 2 heterocycles. The molecule has 3 aromatic rings. The van der Waals surface area contributed by atoms with E-state index in [2.05, 4.69) is 64.0 Å². The SMILES string of the molecule is CN(Cc1cccc(OCCN2CCCCC2)c1)C[C@@H](O)Cn1ccc2ccccc21. The van der Waals surface area contributed by atoms with Crippen molar-refractivity contribution in [1.29, 1.82) is 0 Å². The number of aliphatic hydroxyl groups is 1. The van der Waals surface area contributed by atoms with Gasteiger partial charge in [-0.2, -0.15) is 0 Å². The lowest BCUT2D eigenvalue weighted by Crippen LogP contribution is -2.33. The topological polar surface area (TPSA) is 40.9 Å². The van der Waals surface area contributed by atoms with E-state index in [1.807, 2.05) is 18.2 Å². The summed E-state index contributed by atoms with van der Waals surface area (Å²) in [6, 6.07) is 18.7. The number of ether oxygens (including phenoxy) is 1. The summed E-state index contributed by atoms with van der Waals surface area (Å²) in [4.78, 5) is 4.67. The number of benzene rings is 2. The molecule has 166 valence electrons. The number of hydrogen-bond donors (Lipinski definition) is 1. The molecular formula is C26H35N3O2. The van der Waals surface area contributed by atoms with E-state index in [9.17, 15) is 5.11 Å². The fourth-order valence-electron chi connectivity index (χ4n) is 4.53. The van der Waals surface area contributed by atoms with Crippen LogP contribution in [0, 0.1) is 0 Å². The Labute approximate surface area is 185 Å². The molecule has 0 saturated carbocycles. The van der Waals surface area contributed by atoms with Gasteiger partial charge in [0.25, 0.3) is 0 Å². The van der Waals surface area contributed by atoms with E-state index < -0.39 is 6.10 Å². The predicted molar refractivity (Wildman–Crippen MR) is 127 cm³/mol. The molecule has 2 aromatic carbocycles. The van der Waals surface area contributed by atoms with Gasteiger partial charge in [0.2, 0.25) is 0 Å². The second-order valence-electron chi connectivity index (χ2n) is 8.78. The highest BCUT2D eigenvalue weighted by atomic mass is 16.5. The maximum absolute atomic E-state index is 10.6. The Balaban J connectivity index is 1.24. The molecule has 0 spiro atoms. The molecule has 1 saturated heterocycles. The monoisotopic (exact) mass is 421 g/mol. The molecule has 5 nitrogen and oxygen atoms in total. The summed E-state index contributed by atoms with van der Waals surface area (Å²) >= 11 is 0. The number of likely N-dealkylation sites (tertiary alicyclic amines) is 1. The van der Waals surface area contributed by atoms with Crippen molar-refractivity contribution < 1.29 is 9.84 Å². The summed E-state index contributed by atoms with van der Waals surface area (Å²) < 4.78 is 8.14. The minimum atomic E-state index is -0.426. The number of aliphatic hydroxyl groups excluding tert-OH is 1. The maximum Gasteiger partial charge on any atom is 0.119 e. The van der Waals surface area contributed by atoms with Gasteiger partial charge in [0.15, 0.2) is 0 Å². The first-order chi connectivity index (χ1) is 15.2. The van der Waals surface area contributed by atoms with Crippen LogP contribution in [0.3, 0.4) is 0 Å². The van der Waals surface area contributed by atoms with Gasteiger partial charge >= 0.3 is 0 Å². The zero-order valence-corrected chi connectivity index (χ0v) is 18.6. The molecule has 1 aliphatic rings. The van der Waals surface area contributed by atoms with E-state index >= 15 is 0 Å². The zero-order valence-electron chi connectivity index (χ0n) is 18.6. The first-order valence-corrected chi connectivity index (χ1v) is 11.5. The Kier molecular flexibility index (Phi) is 7.62. The van der Waals surface area contributed by atoms with Gasteiger partial charge in [-0.25, -0.2) is 0 Å². The molecule has 0 aliphatic carbocycles. The van der Waals surface area contributed by atoms with Crippen molar-refractivity contribution >= 4 is 10.9 Å². The van der Waals surface area contributed by atoms with E-state index in [4.69, 9.17) is 4.74 Å². The number of para-hydroxylation sites is 1. The standard InChI is InChI=1S/C26H35N3O2/c1-27(20-24(30)21-29-15-12-23-9-3-4-11-26(23)29)19-22-8-7-10-25(18-22)31-17-16-28-13-5-2-6-14-28/h3-4,7-12,15,18,24,30H,2,5-6,13-14,16-17,19-21H2,1H3/t24-/m1/s1. The Morgan fingerprint density at radius 3 is 2.74 bits per heavy atom. The minimum absolute atomic E-state index is 0.426. The van der Waals surface area contributed by atoms with Crippen LogP contribution < -0.4 is 4.74 Å². The van der Waals surface area contributed by atoms with Crippen molar-refractivity contribution in [3.63, 3.8) is 0 Å². The van der Waals surface area contributed by atoms with Crippen LogP contribution in [0.2, 0.25) is 0 Å². The fraction of sp³-hybridized carbons (Fsp3) is 0.462. The third-order valence-electron chi connectivity index (χ3n) is 6.09. The molecule has 0 amide bonds. The van der Waals surface area contributed by atoms with Gasteiger partial charge in [-0.1, -0.05) is 36.8 Å². The Hall–Kier alpha value is -2.34. The maximum atomic E-state index is 10.6. The highest BCUT2D eigenvalue weighted by Crippen LogP contribution is 2.17. The van der Waals surface area contributed by atoms with Crippen LogP contribution in [0.5, 0.6) is 5.75 Å². The van der Waals surface area contributed by atoms with Crippen LogP contribution in [-0.2, 0) is 13.1 Å². The van der Waals surface area contributed by atoms with Gasteiger partial charge in [0, 0.05) is 37.9 Å². The molecule has 1 N–H and O–H groups in total. The molecule has 1 aliphatic heterocycles. The van der Waals surface area contributed by atoms with E-state index in [0.29, 0.717) is 13.1 Å². The van der Waals surface area contributed by atoms with Gasteiger partial charge in [-0.05, 0) is 68.2 Å². The van der Waals surface area contributed by atoms with Crippen molar-refractivity contribution in [2.45, 2.75) is 38.5 Å². The van der Waals surface area contributed by atoms with Crippen LogP contribution in [0.25, 0.3) is 10.9 Å². The molecule has 0 bridgehead atoms. The average Bonchev–Trinajstić information content (AvgIpc) is 3.17. The smallest absolute Gasteiger partial charge is 0.119 e. The highest BCUT2D eigenvalue weighted by Gasteiger charge is 2.12. The first kappa shape index (κ1) is 21.9. The minimum Gasteiger partial charge on any atom is -0.492 e. The molecule has 1 aromatic heterocycles. The number of rotatable bonds is 10. The Morgan fingerprint density at radius 1 is 1.03 bits per heavy atom. The van der Waals surface area contributed by atoms with Gasteiger partial charge in [-0.15, -0.1) is 0 Å². The van der Waals surface area contributed by atoms with E-state index in [-0.39, 0.29) is 0 Å². The summed E-state index contributed by atoms with van der Waals surface area (Å²) in [5.41, 5.74) is 2.37. The summed E-state index contributed by atoms with van der Waals surface area (Å²) in [5.74, 6) is 0.933. The summed E-state index contributed by atoms with van der Waals surface area (Å²) in [5, 5.41) is 11.8. The molecule has 5 heteroatoms. The third kappa shape index (κ3) is 6.33. The van der Waals surface area contributed by atoms with Crippen molar-refractivity contribution in [1.82, 2.24) is 14.4 Å². The Bertz CT molecular complexity index is 948. The number of aromatic nitrogens is 1. The Morgan fingerprint density at radius 2 is 1.87 bits per heavy atom. The van der Waals surface area contributed by atoms with Gasteiger partial charge in [0.05, 0.1) is 6.10 Å². The number of fused-ring (bicyclic) bond motifs is 1. The van der Waals surface area contributed by atoms with E-state index in [0.717, 1.165) is 25.4 Å². The second kappa shape index (κ2) is 10.8. The fourth-order valence-corrected chi connectivity index (χ4v) is 4.53. The molecule has 31 heavy (non-hydrogen) atoms. The van der Waals surface area contributed by atoms with Crippen molar-refractivity contribution in [3.05, 3.63) is 66.4 Å². The largest absolute Gasteiger partial charge is 0.492 e. The number of likely N-dealkylation sites (N-methyl/N-ethyl adjacent to an activating group) is 1. The first-order valence-electron chi connectivity index (χ1n) is 11.5. The van der Waals surface area contributed by atoms with Crippen LogP contribution >= 0.6 is 0 Å². The van der Waals surface area contributed by atoms with Gasteiger partial charge in [0.1, 0.15) is 12.4 Å². The third-order valence-corrected chi connectivity index (χ3v) is 6.09. The zero-order chi connectivity index (χ0) is 21.5. The second-order valence-corrected chi connectivity index (χ2v) is 8.78. The van der Waals surface area contributed by atoms with Crippen LogP contribution in [0.15, 0.2) is 60.8 Å². The summed E-state index contributed by atoms with van der Waals surface area (Å²) in [6.45, 7) is 6.15. The molecule has 1 atom stereocenters. The van der Waals surface area contributed by atoms with Gasteiger partial charge in [-0.3, -0.25) is 9.80 Å². The van der Waals surface area contributed by atoms with Crippen LogP contribution in [0.4, 0.5) is 0 Å². The van der Waals surface area contributed by atoms with Crippen LogP contribution in [-0.4, -0.2) is 65.4 Å². The molecule has 1 fully saturated rings. The molecule has 4 rings (SSSR count). The number of hydrogen-bond acceptors (Lipinski definition) is 4. The van der Waals surface area contributed by atoms with Crippen molar-refractivity contribution in [3.8, 4) is 5.75 Å². The van der Waals surface area contributed by atoms with Crippen molar-refractivity contribution in [2.75, 3.05) is 39.8 Å².